The average molecular weight is 253 g/mol. The molecule has 1 aromatic rings. The van der Waals surface area contributed by atoms with Crippen LogP contribution in [0.1, 0.15) is 47.9 Å². The minimum absolute atomic E-state index is 0.783. The molecule has 0 unspecified atom stereocenters. The molecule has 1 heterocycles. The van der Waals surface area contributed by atoms with Gasteiger partial charge in [0.1, 0.15) is 0 Å². The van der Waals surface area contributed by atoms with Gasteiger partial charge in [-0.15, -0.1) is 11.3 Å². The zero-order valence-electron chi connectivity index (χ0n) is 10.9. The van der Waals surface area contributed by atoms with Crippen molar-refractivity contribution in [2.24, 2.45) is 0 Å². The second kappa shape index (κ2) is 6.53. The summed E-state index contributed by atoms with van der Waals surface area (Å²) in [4.78, 5) is 2.86. The molecule has 1 aliphatic rings. The van der Waals surface area contributed by atoms with Crippen LogP contribution >= 0.6 is 11.3 Å². The Balaban J connectivity index is 1.75. The topological polar surface area (TPSA) is 21.3 Å². The van der Waals surface area contributed by atoms with Crippen LogP contribution in [0.2, 0.25) is 0 Å². The molecule has 1 aromatic heterocycles. The summed E-state index contributed by atoms with van der Waals surface area (Å²) in [5.41, 5.74) is 1.37. The van der Waals surface area contributed by atoms with Gasteiger partial charge in [0.15, 0.2) is 0 Å². The van der Waals surface area contributed by atoms with Gasteiger partial charge in [-0.25, -0.2) is 0 Å². The summed E-state index contributed by atoms with van der Waals surface area (Å²) in [6.07, 6.45) is 5.09. The van der Waals surface area contributed by atoms with Gasteiger partial charge in [-0.1, -0.05) is 13.3 Å². The molecule has 1 aliphatic carbocycles. The minimum Gasteiger partial charge on any atom is -0.377 e. The van der Waals surface area contributed by atoms with Crippen molar-refractivity contribution in [1.82, 2.24) is 5.32 Å². The predicted octanol–water partition coefficient (Wildman–Crippen LogP) is 3.63. The highest BCUT2D eigenvalue weighted by Crippen LogP contribution is 2.24. The van der Waals surface area contributed by atoms with Gasteiger partial charge in [-0.05, 0) is 37.8 Å². The first-order valence-corrected chi connectivity index (χ1v) is 7.50. The van der Waals surface area contributed by atoms with Crippen molar-refractivity contribution in [3.05, 3.63) is 21.4 Å². The first-order chi connectivity index (χ1) is 8.29. The molecule has 2 rings (SSSR count). The Labute approximate surface area is 108 Å². The number of thiophene rings is 1. The van der Waals surface area contributed by atoms with E-state index in [-0.39, 0.29) is 0 Å². The van der Waals surface area contributed by atoms with E-state index < -0.39 is 0 Å². The molecule has 0 aliphatic heterocycles. The molecule has 0 atom stereocenters. The van der Waals surface area contributed by atoms with E-state index in [9.17, 15) is 0 Å². The van der Waals surface area contributed by atoms with E-state index in [1.165, 1.54) is 41.0 Å². The molecule has 0 radical (unpaired) electrons. The molecule has 0 bridgehead atoms. The van der Waals surface area contributed by atoms with Crippen molar-refractivity contribution < 1.29 is 4.74 Å². The van der Waals surface area contributed by atoms with Crippen LogP contribution in [-0.4, -0.2) is 12.6 Å². The number of rotatable bonds is 8. The maximum Gasteiger partial charge on any atom is 0.0727 e. The Kier molecular flexibility index (Phi) is 5.01. The summed E-state index contributed by atoms with van der Waals surface area (Å²) in [5, 5.41) is 3.56. The van der Waals surface area contributed by atoms with Gasteiger partial charge in [0.2, 0.25) is 0 Å². The minimum atomic E-state index is 0.783. The number of aryl methyl sites for hydroxylation is 1. The standard InChI is InChI=1S/C14H23NOS/c1-3-4-7-16-10-12-8-14(17-11(12)2)9-15-13-5-6-13/h8,13,15H,3-7,9-10H2,1-2H3. The lowest BCUT2D eigenvalue weighted by molar-refractivity contribution is 0.118. The van der Waals surface area contributed by atoms with E-state index in [2.05, 4.69) is 25.2 Å². The fraction of sp³-hybridized carbons (Fsp3) is 0.714. The van der Waals surface area contributed by atoms with E-state index in [0.717, 1.165) is 25.8 Å². The fourth-order valence-electron chi connectivity index (χ4n) is 1.78. The van der Waals surface area contributed by atoms with Gasteiger partial charge in [0.25, 0.3) is 0 Å². The molecule has 0 saturated heterocycles. The number of ether oxygens (including phenoxy) is 1. The second-order valence-corrected chi connectivity index (χ2v) is 6.20. The number of unbranched alkanes of at least 4 members (excludes halogenated alkanes) is 1. The monoisotopic (exact) mass is 253 g/mol. The van der Waals surface area contributed by atoms with Crippen LogP contribution in [0.5, 0.6) is 0 Å². The first-order valence-electron chi connectivity index (χ1n) is 6.69. The Morgan fingerprint density at radius 1 is 1.47 bits per heavy atom. The van der Waals surface area contributed by atoms with E-state index in [4.69, 9.17) is 4.74 Å². The van der Waals surface area contributed by atoms with Gasteiger partial charge in [-0.3, -0.25) is 0 Å². The van der Waals surface area contributed by atoms with Gasteiger partial charge < -0.3 is 10.1 Å². The second-order valence-electron chi connectivity index (χ2n) is 4.86. The van der Waals surface area contributed by atoms with Crippen LogP contribution in [0.15, 0.2) is 6.07 Å². The van der Waals surface area contributed by atoms with Crippen LogP contribution in [0, 0.1) is 6.92 Å². The van der Waals surface area contributed by atoms with E-state index >= 15 is 0 Å². The van der Waals surface area contributed by atoms with Gasteiger partial charge in [-0.2, -0.15) is 0 Å². The molecule has 0 spiro atoms. The van der Waals surface area contributed by atoms with Crippen molar-refractivity contribution in [2.75, 3.05) is 6.61 Å². The summed E-state index contributed by atoms with van der Waals surface area (Å²) in [5.74, 6) is 0. The summed E-state index contributed by atoms with van der Waals surface area (Å²) in [6, 6.07) is 3.10. The summed E-state index contributed by atoms with van der Waals surface area (Å²) in [6.45, 7) is 7.10. The summed E-state index contributed by atoms with van der Waals surface area (Å²) < 4.78 is 5.68. The average Bonchev–Trinajstić information content (AvgIpc) is 3.08. The number of nitrogens with one attached hydrogen (secondary N) is 1. The normalized spacial score (nSPS) is 15.4. The zero-order chi connectivity index (χ0) is 12.1. The van der Waals surface area contributed by atoms with Crippen molar-refractivity contribution in [3.8, 4) is 0 Å². The number of hydrogen-bond donors (Lipinski definition) is 1. The zero-order valence-corrected chi connectivity index (χ0v) is 11.7. The summed E-state index contributed by atoms with van der Waals surface area (Å²) >= 11 is 1.91. The Morgan fingerprint density at radius 2 is 2.29 bits per heavy atom. The smallest absolute Gasteiger partial charge is 0.0727 e. The molecule has 0 aromatic carbocycles. The van der Waals surface area contributed by atoms with Gasteiger partial charge in [0, 0.05) is 28.9 Å². The molecule has 1 fully saturated rings. The Hall–Kier alpha value is -0.380. The van der Waals surface area contributed by atoms with Crippen molar-refractivity contribution in [1.29, 1.82) is 0 Å². The van der Waals surface area contributed by atoms with Crippen LogP contribution in [0.25, 0.3) is 0 Å². The highest BCUT2D eigenvalue weighted by atomic mass is 32.1. The first kappa shape index (κ1) is 13.1. The van der Waals surface area contributed by atoms with Crippen LogP contribution in [0.4, 0.5) is 0 Å². The lowest BCUT2D eigenvalue weighted by atomic mass is 10.2. The molecule has 1 saturated carbocycles. The third-order valence-corrected chi connectivity index (χ3v) is 4.21. The molecule has 2 nitrogen and oxygen atoms in total. The molecule has 17 heavy (non-hydrogen) atoms. The lowest BCUT2D eigenvalue weighted by Gasteiger charge is -2.02. The van der Waals surface area contributed by atoms with Crippen LogP contribution in [0.3, 0.4) is 0 Å². The van der Waals surface area contributed by atoms with Gasteiger partial charge in [0.05, 0.1) is 6.61 Å². The third kappa shape index (κ3) is 4.41. The van der Waals surface area contributed by atoms with E-state index in [1.54, 1.807) is 0 Å². The quantitative estimate of drug-likeness (QED) is 0.714. The summed E-state index contributed by atoms with van der Waals surface area (Å²) in [7, 11) is 0. The largest absolute Gasteiger partial charge is 0.377 e. The maximum absolute atomic E-state index is 5.68. The van der Waals surface area contributed by atoms with Gasteiger partial charge >= 0.3 is 0 Å². The van der Waals surface area contributed by atoms with Crippen molar-refractivity contribution in [2.45, 2.75) is 58.7 Å². The fourth-order valence-corrected chi connectivity index (χ4v) is 2.78. The SMILES string of the molecule is CCCCOCc1cc(CNC2CC2)sc1C. The highest BCUT2D eigenvalue weighted by molar-refractivity contribution is 7.12. The molecule has 1 N–H and O–H groups in total. The maximum atomic E-state index is 5.68. The van der Waals surface area contributed by atoms with Crippen LogP contribution in [-0.2, 0) is 17.9 Å². The highest BCUT2D eigenvalue weighted by Gasteiger charge is 2.20. The Morgan fingerprint density at radius 3 is 3.00 bits per heavy atom. The van der Waals surface area contributed by atoms with E-state index in [1.807, 2.05) is 11.3 Å². The predicted molar refractivity (Wildman–Crippen MR) is 73.5 cm³/mol. The van der Waals surface area contributed by atoms with Crippen LogP contribution < -0.4 is 5.32 Å². The van der Waals surface area contributed by atoms with Crippen molar-refractivity contribution in [3.63, 3.8) is 0 Å². The lowest BCUT2D eigenvalue weighted by Crippen LogP contribution is -2.14. The van der Waals surface area contributed by atoms with E-state index in [0.29, 0.717) is 0 Å². The molecule has 0 amide bonds. The third-order valence-electron chi connectivity index (χ3n) is 3.11. The number of hydrogen-bond acceptors (Lipinski definition) is 3. The van der Waals surface area contributed by atoms with Crippen molar-refractivity contribution >= 4 is 11.3 Å². The molecular weight excluding hydrogens is 230 g/mol. The molecule has 3 heteroatoms. The Bertz CT molecular complexity index is 344. The molecule has 96 valence electrons. The molecular formula is C14H23NOS.